The van der Waals surface area contributed by atoms with Crippen LogP contribution < -0.4 is 10.7 Å². The molecule has 2 fully saturated rings. The van der Waals surface area contributed by atoms with Gasteiger partial charge < -0.3 is 19.4 Å². The van der Waals surface area contributed by atoms with E-state index >= 15 is 0 Å². The van der Waals surface area contributed by atoms with Crippen molar-refractivity contribution < 1.29 is 19.1 Å². The summed E-state index contributed by atoms with van der Waals surface area (Å²) in [6.45, 7) is 3.95. The van der Waals surface area contributed by atoms with Gasteiger partial charge >= 0.3 is 5.97 Å². The van der Waals surface area contributed by atoms with E-state index in [0.29, 0.717) is 42.3 Å². The van der Waals surface area contributed by atoms with Crippen molar-refractivity contribution in [2.75, 3.05) is 31.6 Å². The second-order valence-corrected chi connectivity index (χ2v) is 11.8. The topological polar surface area (TPSA) is 116 Å². The van der Waals surface area contributed by atoms with Gasteiger partial charge in [0.1, 0.15) is 17.3 Å². The van der Waals surface area contributed by atoms with Crippen LogP contribution in [-0.4, -0.2) is 63.7 Å². The average molecular weight is 673 g/mol. The smallest absolute Gasteiger partial charge is 0.338 e. The zero-order chi connectivity index (χ0) is 30.6. The van der Waals surface area contributed by atoms with E-state index in [-0.39, 0.29) is 51.8 Å². The van der Waals surface area contributed by atoms with Crippen LogP contribution in [0.2, 0.25) is 10.0 Å². The lowest BCUT2D eigenvalue weighted by Crippen LogP contribution is -2.35. The highest BCUT2D eigenvalue weighted by molar-refractivity contribution is 6.39. The Kier molecular flexibility index (Phi) is 10.7. The second-order valence-electron chi connectivity index (χ2n) is 11.0. The van der Waals surface area contributed by atoms with Crippen LogP contribution in [0.3, 0.4) is 0 Å². The Balaban J connectivity index is 0.00000400. The summed E-state index contributed by atoms with van der Waals surface area (Å²) in [5, 5.41) is 3.31. The Bertz CT molecular complexity index is 1730. The molecule has 10 nitrogen and oxygen atoms in total. The fourth-order valence-corrected chi connectivity index (χ4v) is 6.27. The Morgan fingerprint density at radius 3 is 2.49 bits per heavy atom. The number of benzene rings is 1. The number of rotatable bonds is 7. The molecule has 0 atom stereocenters. The summed E-state index contributed by atoms with van der Waals surface area (Å²) in [7, 11) is 0. The summed E-state index contributed by atoms with van der Waals surface area (Å²) in [6.07, 6.45) is 8.26. The number of nitrogens with zero attached hydrogens (tertiary/aromatic N) is 4. The maximum Gasteiger partial charge on any atom is 0.338 e. The first-order chi connectivity index (χ1) is 21.4. The molecule has 4 aromatic rings. The van der Waals surface area contributed by atoms with Crippen LogP contribution >= 0.6 is 35.6 Å². The first-order valence-corrected chi connectivity index (χ1v) is 15.3. The summed E-state index contributed by atoms with van der Waals surface area (Å²) in [4.78, 5) is 50.4. The van der Waals surface area contributed by atoms with Crippen molar-refractivity contribution in [2.45, 2.75) is 44.4 Å². The van der Waals surface area contributed by atoms with Gasteiger partial charge in [-0.05, 0) is 55.5 Å². The third kappa shape index (κ3) is 7.48. The second kappa shape index (κ2) is 14.7. The van der Waals surface area contributed by atoms with E-state index < -0.39 is 11.3 Å². The Morgan fingerprint density at radius 2 is 1.76 bits per heavy atom. The van der Waals surface area contributed by atoms with Crippen molar-refractivity contribution >= 4 is 64.2 Å². The van der Waals surface area contributed by atoms with Crippen LogP contribution in [0.1, 0.15) is 58.0 Å². The summed E-state index contributed by atoms with van der Waals surface area (Å²) < 4.78 is 13.2. The number of pyridine rings is 3. The third-order valence-corrected chi connectivity index (χ3v) is 8.68. The number of nitrogens with one attached hydrogen (secondary N) is 1. The molecule has 1 aromatic carbocycles. The fourth-order valence-electron chi connectivity index (χ4n) is 5.81. The van der Waals surface area contributed by atoms with Crippen LogP contribution in [-0.2, 0) is 16.0 Å². The molecule has 4 heterocycles. The van der Waals surface area contributed by atoms with Crippen LogP contribution in [0.25, 0.3) is 11.0 Å². The molecule has 1 saturated heterocycles. The molecule has 1 saturated carbocycles. The molecule has 0 spiro atoms. The maximum absolute atomic E-state index is 13.4. The number of esters is 1. The van der Waals surface area contributed by atoms with Crippen LogP contribution in [0, 0.1) is 0 Å². The normalized spacial score (nSPS) is 18.6. The number of halogens is 3. The van der Waals surface area contributed by atoms with Gasteiger partial charge in [-0.2, -0.15) is 0 Å². The summed E-state index contributed by atoms with van der Waals surface area (Å²) >= 11 is 12.4. The summed E-state index contributed by atoms with van der Waals surface area (Å²) in [5.74, 6) is -0.969. The van der Waals surface area contributed by atoms with Gasteiger partial charge in [0.05, 0.1) is 39.9 Å². The standard InChI is InChI=1S/C32H31Cl2N5O5.ClH/c33-26-16-35-17-27(34)28(26)37-31(41)25-19-39(30-24(29(25)40)5-2-10-36-30)22-6-8-23(9-7-22)44-32(42)21-4-1-3-20(15-21)18-38-11-13-43-14-12-38;/h1-5,10,15-17,19,22-23H,6-9,11-14,18H2,(H,35,37,41);1H/t22-,23-;. The average Bonchev–Trinajstić information content (AvgIpc) is 3.04. The van der Waals surface area contributed by atoms with E-state index in [4.69, 9.17) is 32.7 Å². The number of ether oxygens (including phenoxy) is 2. The predicted molar refractivity (Wildman–Crippen MR) is 175 cm³/mol. The highest BCUT2D eigenvalue weighted by Crippen LogP contribution is 2.33. The molecule has 6 rings (SSSR count). The first kappa shape index (κ1) is 32.8. The molecular weight excluding hydrogens is 641 g/mol. The van der Waals surface area contributed by atoms with Crippen LogP contribution in [0.15, 0.2) is 66.0 Å². The van der Waals surface area contributed by atoms with Crippen molar-refractivity contribution in [3.63, 3.8) is 0 Å². The van der Waals surface area contributed by atoms with Crippen molar-refractivity contribution in [1.82, 2.24) is 19.4 Å². The molecule has 0 bridgehead atoms. The van der Waals surface area contributed by atoms with E-state index in [1.54, 1.807) is 30.6 Å². The quantitative estimate of drug-likeness (QED) is 0.240. The zero-order valence-corrected chi connectivity index (χ0v) is 26.6. The van der Waals surface area contributed by atoms with E-state index in [9.17, 15) is 14.4 Å². The van der Waals surface area contributed by atoms with E-state index in [1.165, 1.54) is 12.4 Å². The van der Waals surface area contributed by atoms with Crippen molar-refractivity contribution in [3.05, 3.63) is 98.1 Å². The molecule has 0 radical (unpaired) electrons. The van der Waals surface area contributed by atoms with Gasteiger partial charge in [-0.25, -0.2) is 9.78 Å². The minimum Gasteiger partial charge on any atom is -0.459 e. The van der Waals surface area contributed by atoms with Crippen LogP contribution in [0.4, 0.5) is 5.69 Å². The van der Waals surface area contributed by atoms with Gasteiger partial charge in [-0.1, -0.05) is 35.3 Å². The lowest BCUT2D eigenvalue weighted by atomic mass is 9.92. The number of hydrogen-bond donors (Lipinski definition) is 1. The Hall–Kier alpha value is -3.54. The van der Waals surface area contributed by atoms with E-state index in [2.05, 4.69) is 20.2 Å². The molecule has 1 amide bonds. The van der Waals surface area contributed by atoms with Gasteiger partial charge in [-0.3, -0.25) is 19.5 Å². The number of morpholine rings is 1. The van der Waals surface area contributed by atoms with Gasteiger partial charge in [0.2, 0.25) is 5.43 Å². The van der Waals surface area contributed by atoms with E-state index in [1.807, 2.05) is 22.8 Å². The highest BCUT2D eigenvalue weighted by Gasteiger charge is 2.28. The van der Waals surface area contributed by atoms with E-state index in [0.717, 1.165) is 38.4 Å². The molecule has 236 valence electrons. The minimum absolute atomic E-state index is 0. The van der Waals surface area contributed by atoms with Crippen LogP contribution in [0.5, 0.6) is 0 Å². The van der Waals surface area contributed by atoms with Gasteiger partial charge in [0.15, 0.2) is 0 Å². The monoisotopic (exact) mass is 671 g/mol. The lowest BCUT2D eigenvalue weighted by Gasteiger charge is -2.31. The molecule has 13 heteroatoms. The first-order valence-electron chi connectivity index (χ1n) is 14.6. The molecule has 1 aliphatic carbocycles. The Labute approximate surface area is 276 Å². The largest absolute Gasteiger partial charge is 0.459 e. The van der Waals surface area contributed by atoms with Gasteiger partial charge in [0.25, 0.3) is 5.91 Å². The number of carbonyl (C=O) groups is 2. The maximum atomic E-state index is 13.4. The number of amides is 1. The molecule has 2 aliphatic rings. The summed E-state index contributed by atoms with van der Waals surface area (Å²) in [6, 6.07) is 10.9. The molecular formula is C32H32Cl3N5O5. The number of anilines is 1. The molecule has 3 aromatic heterocycles. The van der Waals surface area contributed by atoms with Crippen molar-refractivity contribution in [1.29, 1.82) is 0 Å². The Morgan fingerprint density at radius 1 is 1.02 bits per heavy atom. The molecule has 1 aliphatic heterocycles. The lowest BCUT2D eigenvalue weighted by molar-refractivity contribution is 0.0172. The highest BCUT2D eigenvalue weighted by atomic mass is 35.5. The number of aromatic nitrogens is 3. The number of carbonyl (C=O) groups excluding carboxylic acids is 2. The van der Waals surface area contributed by atoms with Gasteiger partial charge in [0, 0.05) is 50.5 Å². The molecule has 45 heavy (non-hydrogen) atoms. The summed E-state index contributed by atoms with van der Waals surface area (Å²) in [5.41, 5.74) is 1.78. The zero-order valence-electron chi connectivity index (χ0n) is 24.3. The predicted octanol–water partition coefficient (Wildman–Crippen LogP) is 5.95. The molecule has 1 N–H and O–H groups in total. The molecule has 0 unspecified atom stereocenters. The van der Waals surface area contributed by atoms with Crippen molar-refractivity contribution in [2.24, 2.45) is 0 Å². The number of fused-ring (bicyclic) bond motifs is 1. The fraction of sp³-hybridized carbons (Fsp3) is 0.344. The number of hydrogen-bond acceptors (Lipinski definition) is 8. The third-order valence-electron chi connectivity index (χ3n) is 8.11. The SMILES string of the molecule is Cl.O=C(O[C@H]1CC[C@H](n2cc(C(=O)Nc3c(Cl)cncc3Cl)c(=O)c3cccnc32)CC1)c1cccc(CN2CCOCC2)c1. The minimum atomic E-state index is -0.636. The van der Waals surface area contributed by atoms with Gasteiger partial charge in [-0.15, -0.1) is 12.4 Å². The van der Waals surface area contributed by atoms with Crippen molar-refractivity contribution in [3.8, 4) is 0 Å².